The minimum absolute atomic E-state index is 0.923. The Balaban J connectivity index is 1.36. The third kappa shape index (κ3) is 2.66. The average Bonchev–Trinajstić information content (AvgIpc) is 3.59. The van der Waals surface area contributed by atoms with Crippen LogP contribution < -0.4 is 0 Å². The third-order valence-electron chi connectivity index (χ3n) is 7.33. The van der Waals surface area contributed by atoms with Gasteiger partial charge in [0.05, 0.1) is 22.4 Å². The molecule has 0 atom stereocenters. The number of nitrogens with one attached hydrogen (secondary N) is 2. The lowest BCUT2D eigenvalue weighted by Gasteiger charge is -2.15. The lowest BCUT2D eigenvalue weighted by molar-refractivity contribution is 0.913. The molecule has 6 heteroatoms. The molecule has 8 rings (SSSR count). The summed E-state index contributed by atoms with van der Waals surface area (Å²) >= 11 is 1.90. The summed E-state index contributed by atoms with van der Waals surface area (Å²) in [5.41, 5.74) is 8.47. The number of nitrogens with zero attached hydrogens (tertiary/aromatic N) is 3. The molecule has 0 spiro atoms. The number of pyridine rings is 1. The zero-order valence-electron chi connectivity index (χ0n) is 19.4. The maximum atomic E-state index is 4.76. The van der Waals surface area contributed by atoms with Crippen molar-refractivity contribution in [1.29, 1.82) is 0 Å². The first-order valence-electron chi connectivity index (χ1n) is 11.9. The Kier molecular flexibility index (Phi) is 3.73. The monoisotopic (exact) mass is 471 g/mol. The van der Waals surface area contributed by atoms with Gasteiger partial charge >= 0.3 is 0 Å². The fraction of sp³-hybridized carbons (Fsp3) is 0.138. The fourth-order valence-electron chi connectivity index (χ4n) is 5.81. The van der Waals surface area contributed by atoms with Crippen LogP contribution in [0.3, 0.4) is 0 Å². The number of benzene rings is 3. The van der Waals surface area contributed by atoms with E-state index in [-0.39, 0.29) is 0 Å². The van der Waals surface area contributed by atoms with Crippen LogP contribution in [-0.4, -0.2) is 24.9 Å². The second-order valence-corrected chi connectivity index (χ2v) is 10.5. The lowest BCUT2D eigenvalue weighted by atomic mass is 9.91. The van der Waals surface area contributed by atoms with Crippen LogP contribution in [0.1, 0.15) is 22.9 Å². The number of aromatic amines is 2. The van der Waals surface area contributed by atoms with Crippen LogP contribution in [0, 0.1) is 13.8 Å². The molecule has 1 aliphatic rings. The number of rotatable bonds is 1. The van der Waals surface area contributed by atoms with E-state index >= 15 is 0 Å². The Labute approximate surface area is 204 Å². The second kappa shape index (κ2) is 6.77. The van der Waals surface area contributed by atoms with Gasteiger partial charge in [0.2, 0.25) is 0 Å². The first-order chi connectivity index (χ1) is 17.1. The van der Waals surface area contributed by atoms with Crippen LogP contribution in [0.4, 0.5) is 0 Å². The van der Waals surface area contributed by atoms with Gasteiger partial charge < -0.3 is 9.97 Å². The average molecular weight is 472 g/mol. The number of H-pyrrole nitrogens is 2. The number of hydrogen-bond donors (Lipinski definition) is 2. The van der Waals surface area contributed by atoms with Crippen molar-refractivity contribution in [3.05, 3.63) is 77.8 Å². The van der Waals surface area contributed by atoms with Gasteiger partial charge in [0.1, 0.15) is 11.6 Å². The maximum absolute atomic E-state index is 4.76. The van der Waals surface area contributed by atoms with Crippen molar-refractivity contribution in [1.82, 2.24) is 24.9 Å². The fourth-order valence-corrected chi connectivity index (χ4v) is 7.04. The zero-order chi connectivity index (χ0) is 23.3. The van der Waals surface area contributed by atoms with Gasteiger partial charge in [0, 0.05) is 38.3 Å². The third-order valence-corrected chi connectivity index (χ3v) is 8.59. The predicted octanol–water partition coefficient (Wildman–Crippen LogP) is 7.25. The van der Waals surface area contributed by atoms with Gasteiger partial charge in [-0.05, 0) is 72.2 Å². The van der Waals surface area contributed by atoms with Crippen LogP contribution in [0.2, 0.25) is 0 Å². The summed E-state index contributed by atoms with van der Waals surface area (Å²) in [6.07, 6.45) is 5.84. The molecular formula is C29H21N5S. The molecule has 5 nitrogen and oxygen atoms in total. The molecule has 2 N–H and O–H groups in total. The quantitative estimate of drug-likeness (QED) is 0.248. The van der Waals surface area contributed by atoms with Crippen molar-refractivity contribution in [2.75, 3.05) is 0 Å². The molecule has 0 saturated heterocycles. The molecule has 0 aliphatic heterocycles. The number of aryl methyl sites for hydroxylation is 4. The smallest absolute Gasteiger partial charge is 0.104 e. The summed E-state index contributed by atoms with van der Waals surface area (Å²) in [6.45, 7) is 4.05. The molecule has 4 heterocycles. The van der Waals surface area contributed by atoms with Gasteiger partial charge in [-0.1, -0.05) is 24.3 Å². The molecule has 168 valence electrons. The van der Waals surface area contributed by atoms with Gasteiger partial charge in [-0.2, -0.15) is 0 Å². The van der Waals surface area contributed by atoms with Gasteiger partial charge in [0.25, 0.3) is 0 Å². The van der Waals surface area contributed by atoms with E-state index in [2.05, 4.69) is 57.4 Å². The number of imidazole rings is 2. The maximum Gasteiger partial charge on any atom is 0.104 e. The second-order valence-electron chi connectivity index (χ2n) is 9.49. The highest BCUT2D eigenvalue weighted by Crippen LogP contribution is 2.43. The van der Waals surface area contributed by atoms with Crippen molar-refractivity contribution >= 4 is 54.0 Å². The zero-order valence-corrected chi connectivity index (χ0v) is 20.2. The van der Waals surface area contributed by atoms with E-state index in [1.807, 2.05) is 37.6 Å². The molecule has 0 unspecified atom stereocenters. The van der Waals surface area contributed by atoms with Crippen LogP contribution in [0.25, 0.3) is 64.4 Å². The van der Waals surface area contributed by atoms with Crippen LogP contribution in [-0.2, 0) is 12.8 Å². The van der Waals surface area contributed by atoms with E-state index in [0.29, 0.717) is 0 Å². The van der Waals surface area contributed by atoms with E-state index in [4.69, 9.17) is 9.97 Å². The van der Waals surface area contributed by atoms with E-state index in [0.717, 1.165) is 40.9 Å². The molecule has 7 aromatic rings. The van der Waals surface area contributed by atoms with Gasteiger partial charge in [0.15, 0.2) is 0 Å². The summed E-state index contributed by atoms with van der Waals surface area (Å²) in [5, 5.41) is 6.03. The summed E-state index contributed by atoms with van der Waals surface area (Å²) in [6, 6.07) is 15.8. The summed E-state index contributed by atoms with van der Waals surface area (Å²) in [5.74, 6) is 1.92. The summed E-state index contributed by atoms with van der Waals surface area (Å²) < 4.78 is 1.39. The number of aromatic nitrogens is 5. The minimum atomic E-state index is 0.923. The van der Waals surface area contributed by atoms with Crippen molar-refractivity contribution in [3.8, 4) is 21.7 Å². The molecule has 0 amide bonds. The van der Waals surface area contributed by atoms with Crippen molar-refractivity contribution in [2.45, 2.75) is 26.7 Å². The van der Waals surface area contributed by atoms with Crippen LogP contribution >= 0.6 is 11.3 Å². The van der Waals surface area contributed by atoms with Gasteiger partial charge in [-0.25, -0.2) is 9.97 Å². The Morgan fingerprint density at radius 2 is 1.74 bits per heavy atom. The van der Waals surface area contributed by atoms with Crippen LogP contribution in [0.15, 0.2) is 54.9 Å². The van der Waals surface area contributed by atoms with Gasteiger partial charge in [-0.15, -0.1) is 11.3 Å². The van der Waals surface area contributed by atoms with Crippen molar-refractivity contribution in [2.24, 2.45) is 0 Å². The summed E-state index contributed by atoms with van der Waals surface area (Å²) in [7, 11) is 0. The Morgan fingerprint density at radius 1 is 0.829 bits per heavy atom. The Morgan fingerprint density at radius 3 is 2.69 bits per heavy atom. The topological polar surface area (TPSA) is 70.2 Å². The Bertz CT molecular complexity index is 1990. The standard InChI is InChI=1S/C29H21N5S/c1-14-31-24-8-7-21-19(26(24)32-14)6-4-17-12-25(35-29(17)21)16-3-5-20-22(11-16)18-9-10-30-13-23(18)28-27(20)33-15(2)34-28/h3-6,9-13H,7-8H2,1-2H3,(H,31,32)(H,33,34). The molecule has 3 aromatic carbocycles. The first-order valence-corrected chi connectivity index (χ1v) is 12.7. The van der Waals surface area contributed by atoms with Crippen molar-refractivity contribution in [3.63, 3.8) is 0 Å². The van der Waals surface area contributed by atoms with E-state index in [1.165, 1.54) is 59.2 Å². The van der Waals surface area contributed by atoms with Gasteiger partial charge in [-0.3, -0.25) is 4.98 Å². The number of thiophene rings is 1. The van der Waals surface area contributed by atoms with Crippen molar-refractivity contribution < 1.29 is 0 Å². The minimum Gasteiger partial charge on any atom is -0.342 e. The molecule has 0 radical (unpaired) electrons. The first kappa shape index (κ1) is 19.3. The molecule has 1 aliphatic carbocycles. The normalized spacial score (nSPS) is 13.2. The molecular weight excluding hydrogens is 450 g/mol. The predicted molar refractivity (Wildman–Crippen MR) is 144 cm³/mol. The highest BCUT2D eigenvalue weighted by Gasteiger charge is 2.22. The lowest BCUT2D eigenvalue weighted by Crippen LogP contribution is -2.03. The molecule has 35 heavy (non-hydrogen) atoms. The number of hydrogen-bond acceptors (Lipinski definition) is 4. The summed E-state index contributed by atoms with van der Waals surface area (Å²) in [4.78, 5) is 22.1. The highest BCUT2D eigenvalue weighted by atomic mass is 32.1. The molecule has 0 saturated carbocycles. The number of fused-ring (bicyclic) bond motifs is 11. The largest absolute Gasteiger partial charge is 0.342 e. The van der Waals surface area contributed by atoms with E-state index in [1.54, 1.807) is 0 Å². The highest BCUT2D eigenvalue weighted by molar-refractivity contribution is 7.22. The van der Waals surface area contributed by atoms with E-state index < -0.39 is 0 Å². The van der Waals surface area contributed by atoms with Crippen LogP contribution in [0.5, 0.6) is 0 Å². The Hall–Kier alpha value is -4.03. The molecule has 4 aromatic heterocycles. The van der Waals surface area contributed by atoms with E-state index in [9.17, 15) is 0 Å². The molecule has 0 fully saturated rings. The molecule has 0 bridgehead atoms. The SMILES string of the molecule is Cc1nc2c([nH]1)-c1ccc3cc(-c4ccc5c(c4)c4ccncc4c4nc(C)[nH]c54)sc3c1CC2.